The highest BCUT2D eigenvalue weighted by Gasteiger charge is 2.19. The molecule has 2 atom stereocenters. The van der Waals surface area contributed by atoms with Crippen molar-refractivity contribution in [1.82, 2.24) is 5.32 Å². The maximum atomic E-state index is 6.08. The fraction of sp³-hybridized carbons (Fsp3) is 0.647. The first-order valence-corrected chi connectivity index (χ1v) is 8.25. The van der Waals surface area contributed by atoms with E-state index < -0.39 is 0 Å². The number of rotatable bonds is 7. The summed E-state index contributed by atoms with van der Waals surface area (Å²) in [6.07, 6.45) is 7.46. The minimum absolute atomic E-state index is 0.428. The van der Waals surface area contributed by atoms with E-state index in [2.05, 4.69) is 24.4 Å². The van der Waals surface area contributed by atoms with Gasteiger partial charge in [0.05, 0.1) is 6.10 Å². The average molecular weight is 296 g/mol. The van der Waals surface area contributed by atoms with Crippen LogP contribution >= 0.6 is 11.6 Å². The highest BCUT2D eigenvalue weighted by molar-refractivity contribution is 6.30. The Morgan fingerprint density at radius 3 is 3.00 bits per heavy atom. The van der Waals surface area contributed by atoms with Crippen LogP contribution in [0.5, 0.6) is 0 Å². The van der Waals surface area contributed by atoms with E-state index in [0.29, 0.717) is 12.1 Å². The van der Waals surface area contributed by atoms with E-state index in [1.165, 1.54) is 24.8 Å². The number of hydrogen-bond donors (Lipinski definition) is 1. The second kappa shape index (κ2) is 8.66. The third-order valence-electron chi connectivity index (χ3n) is 3.88. The van der Waals surface area contributed by atoms with Gasteiger partial charge in [-0.3, -0.25) is 0 Å². The Labute approximate surface area is 127 Å². The molecule has 1 saturated heterocycles. The summed E-state index contributed by atoms with van der Waals surface area (Å²) in [5.74, 6) is 0. The lowest BCUT2D eigenvalue weighted by Crippen LogP contribution is -2.36. The molecular weight excluding hydrogens is 270 g/mol. The molecule has 0 saturated carbocycles. The zero-order valence-electron chi connectivity index (χ0n) is 12.4. The Bertz CT molecular complexity index is 390. The zero-order valence-corrected chi connectivity index (χ0v) is 13.2. The van der Waals surface area contributed by atoms with Crippen molar-refractivity contribution in [3.63, 3.8) is 0 Å². The van der Waals surface area contributed by atoms with Crippen molar-refractivity contribution in [3.05, 3.63) is 34.9 Å². The van der Waals surface area contributed by atoms with E-state index in [4.69, 9.17) is 16.3 Å². The summed E-state index contributed by atoms with van der Waals surface area (Å²) in [5, 5.41) is 4.49. The van der Waals surface area contributed by atoms with Crippen LogP contribution in [0, 0.1) is 0 Å². The molecule has 1 aliphatic rings. The average Bonchev–Trinajstić information content (AvgIpc) is 2.46. The Kier molecular flexibility index (Phi) is 6.85. The highest BCUT2D eigenvalue weighted by Crippen LogP contribution is 2.20. The van der Waals surface area contributed by atoms with Crippen LogP contribution in [0.4, 0.5) is 0 Å². The first kappa shape index (κ1) is 15.8. The quantitative estimate of drug-likeness (QED) is 0.813. The molecule has 0 amide bonds. The van der Waals surface area contributed by atoms with E-state index in [-0.39, 0.29) is 0 Å². The van der Waals surface area contributed by atoms with Crippen LogP contribution in [-0.4, -0.2) is 25.3 Å². The fourth-order valence-electron chi connectivity index (χ4n) is 2.85. The first-order valence-electron chi connectivity index (χ1n) is 7.87. The van der Waals surface area contributed by atoms with Gasteiger partial charge in [-0.05, 0) is 62.8 Å². The van der Waals surface area contributed by atoms with Crippen molar-refractivity contribution >= 4 is 11.6 Å². The molecule has 1 fully saturated rings. The molecule has 20 heavy (non-hydrogen) atoms. The van der Waals surface area contributed by atoms with Gasteiger partial charge < -0.3 is 10.1 Å². The molecule has 0 aromatic heterocycles. The van der Waals surface area contributed by atoms with E-state index in [0.717, 1.165) is 37.4 Å². The predicted molar refractivity (Wildman–Crippen MR) is 85.4 cm³/mol. The van der Waals surface area contributed by atoms with Crippen LogP contribution in [0.2, 0.25) is 5.02 Å². The molecule has 0 spiro atoms. The van der Waals surface area contributed by atoms with Gasteiger partial charge in [0.15, 0.2) is 0 Å². The molecule has 2 nitrogen and oxygen atoms in total. The molecule has 0 bridgehead atoms. The van der Waals surface area contributed by atoms with Gasteiger partial charge in [0, 0.05) is 17.7 Å². The molecular formula is C17H26ClNO. The summed E-state index contributed by atoms with van der Waals surface area (Å²) in [6.45, 7) is 4.21. The van der Waals surface area contributed by atoms with Crippen LogP contribution in [0.1, 0.15) is 44.6 Å². The summed E-state index contributed by atoms with van der Waals surface area (Å²) in [7, 11) is 0. The second-order valence-corrected chi connectivity index (χ2v) is 6.15. The van der Waals surface area contributed by atoms with Crippen molar-refractivity contribution in [1.29, 1.82) is 0 Å². The van der Waals surface area contributed by atoms with E-state index >= 15 is 0 Å². The minimum atomic E-state index is 0.428. The third kappa shape index (κ3) is 5.43. The van der Waals surface area contributed by atoms with Gasteiger partial charge in [0.25, 0.3) is 0 Å². The van der Waals surface area contributed by atoms with Crippen LogP contribution in [0.25, 0.3) is 0 Å². The molecule has 1 aromatic carbocycles. The molecule has 1 heterocycles. The van der Waals surface area contributed by atoms with E-state index in [1.54, 1.807) is 0 Å². The van der Waals surface area contributed by atoms with Gasteiger partial charge in [0.2, 0.25) is 0 Å². The van der Waals surface area contributed by atoms with Gasteiger partial charge in [-0.1, -0.05) is 30.7 Å². The Balaban J connectivity index is 1.91. The van der Waals surface area contributed by atoms with Crippen LogP contribution < -0.4 is 5.32 Å². The van der Waals surface area contributed by atoms with Gasteiger partial charge in [-0.25, -0.2) is 0 Å². The molecule has 2 unspecified atom stereocenters. The zero-order chi connectivity index (χ0) is 14.2. The molecule has 1 aliphatic heterocycles. The lowest BCUT2D eigenvalue weighted by molar-refractivity contribution is 0.00526. The Hall–Kier alpha value is -0.570. The first-order chi connectivity index (χ1) is 9.78. The van der Waals surface area contributed by atoms with Crippen molar-refractivity contribution in [2.45, 2.75) is 57.6 Å². The molecule has 1 aromatic rings. The van der Waals surface area contributed by atoms with Gasteiger partial charge in [0.1, 0.15) is 0 Å². The lowest BCUT2D eigenvalue weighted by Gasteiger charge is -2.27. The molecule has 0 radical (unpaired) electrons. The minimum Gasteiger partial charge on any atom is -0.378 e. The molecule has 2 rings (SSSR count). The van der Waals surface area contributed by atoms with Crippen LogP contribution in [-0.2, 0) is 11.2 Å². The van der Waals surface area contributed by atoms with Crippen LogP contribution in [0.15, 0.2) is 24.3 Å². The summed E-state index contributed by atoms with van der Waals surface area (Å²) >= 11 is 6.08. The van der Waals surface area contributed by atoms with E-state index in [9.17, 15) is 0 Å². The van der Waals surface area contributed by atoms with E-state index in [1.807, 2.05) is 12.1 Å². The summed E-state index contributed by atoms with van der Waals surface area (Å²) < 4.78 is 5.88. The number of benzene rings is 1. The normalized spacial score (nSPS) is 20.8. The third-order valence-corrected chi connectivity index (χ3v) is 4.11. The SMILES string of the molecule is CCCNC(Cc1cccc(Cl)c1)CC1CCCCO1. The maximum absolute atomic E-state index is 6.08. The highest BCUT2D eigenvalue weighted by atomic mass is 35.5. The Morgan fingerprint density at radius 1 is 1.40 bits per heavy atom. The predicted octanol–water partition coefficient (Wildman–Crippen LogP) is 4.21. The van der Waals surface area contributed by atoms with Crippen molar-refractivity contribution in [2.24, 2.45) is 0 Å². The summed E-state index contributed by atoms with van der Waals surface area (Å²) in [4.78, 5) is 0. The van der Waals surface area contributed by atoms with Crippen molar-refractivity contribution in [2.75, 3.05) is 13.2 Å². The standard InChI is InChI=1S/C17H26ClNO/c1-2-9-19-16(13-17-8-3-4-10-20-17)12-14-6-5-7-15(18)11-14/h5-7,11,16-17,19H,2-4,8-10,12-13H2,1H3. The van der Waals surface area contributed by atoms with Crippen molar-refractivity contribution in [3.8, 4) is 0 Å². The monoisotopic (exact) mass is 295 g/mol. The molecule has 112 valence electrons. The smallest absolute Gasteiger partial charge is 0.0590 e. The summed E-state index contributed by atoms with van der Waals surface area (Å²) in [6, 6.07) is 8.68. The largest absolute Gasteiger partial charge is 0.378 e. The van der Waals surface area contributed by atoms with Gasteiger partial charge in [-0.15, -0.1) is 0 Å². The van der Waals surface area contributed by atoms with Crippen LogP contribution in [0.3, 0.4) is 0 Å². The fourth-order valence-corrected chi connectivity index (χ4v) is 3.06. The molecule has 3 heteroatoms. The molecule has 0 aliphatic carbocycles. The van der Waals surface area contributed by atoms with Gasteiger partial charge >= 0.3 is 0 Å². The second-order valence-electron chi connectivity index (χ2n) is 5.71. The van der Waals surface area contributed by atoms with Crippen molar-refractivity contribution < 1.29 is 4.74 Å². The topological polar surface area (TPSA) is 21.3 Å². The lowest BCUT2D eigenvalue weighted by atomic mass is 9.96. The number of hydrogen-bond acceptors (Lipinski definition) is 2. The summed E-state index contributed by atoms with van der Waals surface area (Å²) in [5.41, 5.74) is 1.31. The maximum Gasteiger partial charge on any atom is 0.0590 e. The Morgan fingerprint density at radius 2 is 2.30 bits per heavy atom. The number of halogens is 1. The molecule has 1 N–H and O–H groups in total. The number of ether oxygens (including phenoxy) is 1. The number of nitrogens with one attached hydrogen (secondary N) is 1. The van der Waals surface area contributed by atoms with Gasteiger partial charge in [-0.2, -0.15) is 0 Å².